The van der Waals surface area contributed by atoms with Gasteiger partial charge in [0.1, 0.15) is 5.75 Å². The Balaban J connectivity index is 1.35. The van der Waals surface area contributed by atoms with Crippen LogP contribution in [0.3, 0.4) is 0 Å². The van der Waals surface area contributed by atoms with Gasteiger partial charge in [-0.3, -0.25) is 4.90 Å². The van der Waals surface area contributed by atoms with E-state index in [9.17, 15) is 18.0 Å². The minimum Gasteiger partial charge on any atom is -0.406 e. The second kappa shape index (κ2) is 10.2. The van der Waals surface area contributed by atoms with E-state index in [2.05, 4.69) is 26.8 Å². The quantitative estimate of drug-likeness (QED) is 0.642. The third-order valence-electron chi connectivity index (χ3n) is 5.72. The number of anilines is 1. The zero-order valence-electron chi connectivity index (χ0n) is 17.5. The maximum Gasteiger partial charge on any atom is 0.573 e. The number of ether oxygens (including phenoxy) is 1. The molecular formula is C21H31F3N4O2. The van der Waals surface area contributed by atoms with Gasteiger partial charge in [0.15, 0.2) is 0 Å². The molecule has 0 aliphatic carbocycles. The summed E-state index contributed by atoms with van der Waals surface area (Å²) in [7, 11) is 0. The van der Waals surface area contributed by atoms with Crippen LogP contribution in [0.25, 0.3) is 0 Å². The van der Waals surface area contributed by atoms with Crippen LogP contribution in [-0.4, -0.2) is 74.0 Å². The lowest BCUT2D eigenvalue weighted by atomic mass is 10.1. The molecule has 30 heavy (non-hydrogen) atoms. The van der Waals surface area contributed by atoms with Crippen molar-refractivity contribution < 1.29 is 22.7 Å². The molecule has 0 bridgehead atoms. The standard InChI is InChI=1S/C21H31F3N4O2/c1-2-3-4-5-10-25-20(29)28-15-18(16-28)27-13-11-26(12-14-27)17-6-8-19(9-7-17)30-21(22,23)24/h6-9,18H,2-5,10-16H2,1H3,(H,25,29). The molecular weight excluding hydrogens is 397 g/mol. The van der Waals surface area contributed by atoms with Crippen LogP contribution in [0.4, 0.5) is 23.7 Å². The molecule has 0 spiro atoms. The number of unbranched alkanes of at least 4 members (excludes halogenated alkanes) is 3. The van der Waals surface area contributed by atoms with Crippen LogP contribution in [0.15, 0.2) is 24.3 Å². The lowest BCUT2D eigenvalue weighted by molar-refractivity contribution is -0.274. The topological polar surface area (TPSA) is 48.1 Å². The van der Waals surface area contributed by atoms with E-state index in [1.165, 1.54) is 25.0 Å². The largest absolute Gasteiger partial charge is 0.573 e. The average Bonchev–Trinajstić information content (AvgIpc) is 2.67. The number of nitrogens with one attached hydrogen (secondary N) is 1. The van der Waals surface area contributed by atoms with Crippen molar-refractivity contribution in [1.29, 1.82) is 0 Å². The van der Waals surface area contributed by atoms with E-state index in [0.29, 0.717) is 6.04 Å². The molecule has 1 N–H and O–H groups in total. The van der Waals surface area contributed by atoms with Crippen LogP contribution in [0.1, 0.15) is 32.6 Å². The van der Waals surface area contributed by atoms with E-state index in [1.54, 1.807) is 12.1 Å². The molecule has 1 aromatic carbocycles. The predicted octanol–water partition coefficient (Wildman–Crippen LogP) is 3.68. The highest BCUT2D eigenvalue weighted by Crippen LogP contribution is 2.26. The molecule has 2 saturated heterocycles. The Labute approximate surface area is 175 Å². The normalized spacial score (nSPS) is 18.3. The van der Waals surface area contributed by atoms with Crippen LogP contribution < -0.4 is 15.0 Å². The minimum atomic E-state index is -4.67. The molecule has 1 aromatic rings. The predicted molar refractivity (Wildman–Crippen MR) is 110 cm³/mol. The molecule has 2 heterocycles. The maximum absolute atomic E-state index is 12.3. The van der Waals surface area contributed by atoms with Crippen LogP contribution in [0, 0.1) is 0 Å². The van der Waals surface area contributed by atoms with Gasteiger partial charge in [0.25, 0.3) is 0 Å². The number of urea groups is 1. The van der Waals surface area contributed by atoms with Crippen LogP contribution in [0.5, 0.6) is 5.75 Å². The number of hydrogen-bond donors (Lipinski definition) is 1. The fourth-order valence-electron chi connectivity index (χ4n) is 3.91. The SMILES string of the molecule is CCCCCCNC(=O)N1CC(N2CCN(c3ccc(OC(F)(F)F)cc3)CC2)C1. The lowest BCUT2D eigenvalue weighted by Gasteiger charge is -2.48. The Kier molecular flexibility index (Phi) is 7.69. The van der Waals surface area contributed by atoms with Crippen molar-refractivity contribution in [3.63, 3.8) is 0 Å². The first-order valence-electron chi connectivity index (χ1n) is 10.7. The number of amides is 2. The molecule has 168 valence electrons. The third-order valence-corrected chi connectivity index (χ3v) is 5.72. The van der Waals surface area contributed by atoms with Crippen molar-refractivity contribution in [2.45, 2.75) is 45.0 Å². The van der Waals surface area contributed by atoms with Crippen molar-refractivity contribution >= 4 is 11.7 Å². The average molecular weight is 428 g/mol. The molecule has 9 heteroatoms. The number of alkyl halides is 3. The molecule has 3 rings (SSSR count). The van der Waals surface area contributed by atoms with E-state index in [4.69, 9.17) is 0 Å². The van der Waals surface area contributed by atoms with Crippen molar-refractivity contribution in [2.75, 3.05) is 50.7 Å². The van der Waals surface area contributed by atoms with Crippen LogP contribution in [-0.2, 0) is 0 Å². The molecule has 6 nitrogen and oxygen atoms in total. The first kappa shape index (κ1) is 22.5. The van der Waals surface area contributed by atoms with Crippen molar-refractivity contribution in [1.82, 2.24) is 15.1 Å². The van der Waals surface area contributed by atoms with Gasteiger partial charge in [0, 0.05) is 57.5 Å². The number of benzene rings is 1. The minimum absolute atomic E-state index is 0.0301. The van der Waals surface area contributed by atoms with Crippen LogP contribution >= 0.6 is 0 Å². The Morgan fingerprint density at radius 1 is 1.07 bits per heavy atom. The van der Waals surface area contributed by atoms with Crippen molar-refractivity contribution in [3.05, 3.63) is 24.3 Å². The number of hydrogen-bond acceptors (Lipinski definition) is 4. The summed E-state index contributed by atoms with van der Waals surface area (Å²) in [4.78, 5) is 18.6. The van der Waals surface area contributed by atoms with Crippen molar-refractivity contribution in [2.24, 2.45) is 0 Å². The molecule has 0 aromatic heterocycles. The fourth-order valence-corrected chi connectivity index (χ4v) is 3.91. The summed E-state index contributed by atoms with van der Waals surface area (Å²) in [6, 6.07) is 6.43. The summed E-state index contributed by atoms with van der Waals surface area (Å²) in [6.45, 7) is 7.77. The van der Waals surface area contributed by atoms with E-state index in [-0.39, 0.29) is 11.8 Å². The van der Waals surface area contributed by atoms with Gasteiger partial charge in [-0.2, -0.15) is 0 Å². The van der Waals surface area contributed by atoms with Gasteiger partial charge in [-0.1, -0.05) is 26.2 Å². The number of likely N-dealkylation sites (tertiary alicyclic amines) is 1. The number of carbonyl (C=O) groups is 1. The molecule has 2 aliphatic heterocycles. The Bertz CT molecular complexity index is 670. The maximum atomic E-state index is 12.3. The molecule has 0 saturated carbocycles. The second-order valence-corrected chi connectivity index (χ2v) is 7.92. The molecule has 2 amide bonds. The van der Waals surface area contributed by atoms with E-state index < -0.39 is 6.36 Å². The van der Waals surface area contributed by atoms with Gasteiger partial charge >= 0.3 is 12.4 Å². The third kappa shape index (κ3) is 6.42. The zero-order chi connectivity index (χ0) is 21.6. The fraction of sp³-hybridized carbons (Fsp3) is 0.667. The molecule has 2 fully saturated rings. The zero-order valence-corrected chi connectivity index (χ0v) is 17.5. The molecule has 0 atom stereocenters. The molecule has 0 unspecified atom stereocenters. The van der Waals surface area contributed by atoms with Crippen LogP contribution in [0.2, 0.25) is 0 Å². The van der Waals surface area contributed by atoms with Gasteiger partial charge in [-0.25, -0.2) is 4.79 Å². The summed E-state index contributed by atoms with van der Waals surface area (Å²) >= 11 is 0. The monoisotopic (exact) mass is 428 g/mol. The second-order valence-electron chi connectivity index (χ2n) is 7.92. The summed E-state index contributed by atoms with van der Waals surface area (Å²) in [6.07, 6.45) is -0.0917. The van der Waals surface area contributed by atoms with E-state index in [1.807, 2.05) is 4.90 Å². The summed E-state index contributed by atoms with van der Waals surface area (Å²) < 4.78 is 40.7. The summed E-state index contributed by atoms with van der Waals surface area (Å²) in [5.74, 6) is -0.205. The Morgan fingerprint density at radius 2 is 1.73 bits per heavy atom. The first-order chi connectivity index (χ1) is 14.4. The number of piperazine rings is 1. The van der Waals surface area contributed by atoms with Gasteiger partial charge in [-0.15, -0.1) is 13.2 Å². The first-order valence-corrected chi connectivity index (χ1v) is 10.7. The molecule has 2 aliphatic rings. The smallest absolute Gasteiger partial charge is 0.406 e. The highest BCUT2D eigenvalue weighted by molar-refractivity contribution is 5.75. The van der Waals surface area contributed by atoms with Gasteiger partial charge < -0.3 is 19.9 Å². The lowest BCUT2D eigenvalue weighted by Crippen LogP contribution is -2.65. The number of carbonyl (C=O) groups excluding carboxylic acids is 1. The van der Waals surface area contributed by atoms with Gasteiger partial charge in [-0.05, 0) is 30.7 Å². The number of rotatable bonds is 8. The number of nitrogens with zero attached hydrogens (tertiary/aromatic N) is 3. The number of halogens is 3. The Hall–Kier alpha value is -2.16. The van der Waals surface area contributed by atoms with Crippen molar-refractivity contribution in [3.8, 4) is 5.75 Å². The summed E-state index contributed by atoms with van der Waals surface area (Å²) in [5.41, 5.74) is 0.891. The molecule has 0 radical (unpaired) electrons. The highest BCUT2D eigenvalue weighted by Gasteiger charge is 2.36. The van der Waals surface area contributed by atoms with Gasteiger partial charge in [0.2, 0.25) is 0 Å². The highest BCUT2D eigenvalue weighted by atomic mass is 19.4. The summed E-state index contributed by atoms with van der Waals surface area (Å²) in [5, 5.41) is 2.99. The van der Waals surface area contributed by atoms with E-state index >= 15 is 0 Å². The van der Waals surface area contributed by atoms with E-state index in [0.717, 1.165) is 64.3 Å². The Morgan fingerprint density at radius 3 is 2.33 bits per heavy atom. The van der Waals surface area contributed by atoms with Gasteiger partial charge in [0.05, 0.1) is 0 Å².